The molecule has 0 aliphatic rings. The van der Waals surface area contributed by atoms with Crippen LogP contribution >= 0.6 is 0 Å². The molecule has 5 rings (SSSR count). The number of para-hydroxylation sites is 1. The number of pyridine rings is 1. The summed E-state index contributed by atoms with van der Waals surface area (Å²) in [6.45, 7) is 4.58. The van der Waals surface area contributed by atoms with Crippen molar-refractivity contribution in [1.82, 2.24) is 10.4 Å². The number of carbonyl (C=O) groups excluding carboxylic acids is 2. The molecule has 0 atom stereocenters. The molecule has 0 fully saturated rings. The van der Waals surface area contributed by atoms with Gasteiger partial charge < -0.3 is 14.5 Å². The SMILES string of the molecule is CCCCOc1cccc(-c2cc(C(=O)NN=C(C)c3ccc(NC(=O)c4ccco4)cc3)c3ccccc3n2)c1. The highest BCUT2D eigenvalue weighted by Gasteiger charge is 2.15. The number of aromatic nitrogens is 1. The monoisotopic (exact) mass is 546 g/mol. The first-order valence-electron chi connectivity index (χ1n) is 13.4. The lowest BCUT2D eigenvalue weighted by molar-refractivity contribution is 0.0955. The number of anilines is 1. The van der Waals surface area contributed by atoms with Gasteiger partial charge in [-0.2, -0.15) is 5.10 Å². The molecule has 8 nitrogen and oxygen atoms in total. The number of hydrazone groups is 1. The average molecular weight is 547 g/mol. The number of ether oxygens (including phenoxy) is 1. The third kappa shape index (κ3) is 6.67. The Kier molecular flexibility index (Phi) is 8.49. The summed E-state index contributed by atoms with van der Waals surface area (Å²) in [5.74, 6) is 0.319. The van der Waals surface area contributed by atoms with Gasteiger partial charge in [-0.15, -0.1) is 0 Å². The number of carbonyl (C=O) groups is 2. The van der Waals surface area contributed by atoms with Crippen LogP contribution in [0.1, 0.15) is 53.2 Å². The molecule has 206 valence electrons. The van der Waals surface area contributed by atoms with Crippen LogP contribution in [0, 0.1) is 0 Å². The highest BCUT2D eigenvalue weighted by atomic mass is 16.5. The van der Waals surface area contributed by atoms with Crippen LogP contribution in [0.2, 0.25) is 0 Å². The first-order chi connectivity index (χ1) is 20.0. The molecule has 8 heteroatoms. The second-order valence-corrected chi connectivity index (χ2v) is 9.45. The summed E-state index contributed by atoms with van der Waals surface area (Å²) in [7, 11) is 0. The molecule has 41 heavy (non-hydrogen) atoms. The molecule has 2 amide bonds. The molecule has 0 unspecified atom stereocenters. The van der Waals surface area contributed by atoms with Gasteiger partial charge in [0.2, 0.25) is 0 Å². The molecule has 0 radical (unpaired) electrons. The van der Waals surface area contributed by atoms with Gasteiger partial charge in [0, 0.05) is 16.6 Å². The van der Waals surface area contributed by atoms with Gasteiger partial charge in [-0.3, -0.25) is 9.59 Å². The Hall–Kier alpha value is -5.24. The number of hydrogen-bond donors (Lipinski definition) is 2. The molecule has 5 aromatic rings. The standard InChI is InChI=1S/C33H30N4O4/c1-3-4-18-40-26-10-7-9-24(20-26)30-21-28(27-11-5-6-12-29(27)35-30)32(38)37-36-22(2)23-14-16-25(17-15-23)34-33(39)31-13-8-19-41-31/h5-17,19-21H,3-4,18H2,1-2H3,(H,34,39)(H,37,38). The fourth-order valence-electron chi connectivity index (χ4n) is 4.25. The average Bonchev–Trinajstić information content (AvgIpc) is 3.55. The summed E-state index contributed by atoms with van der Waals surface area (Å²) in [4.78, 5) is 30.4. The van der Waals surface area contributed by atoms with E-state index >= 15 is 0 Å². The lowest BCUT2D eigenvalue weighted by Crippen LogP contribution is -2.20. The van der Waals surface area contributed by atoms with Gasteiger partial charge in [-0.1, -0.05) is 55.8 Å². The van der Waals surface area contributed by atoms with Gasteiger partial charge in [0.25, 0.3) is 11.8 Å². The second-order valence-electron chi connectivity index (χ2n) is 9.45. The Morgan fingerprint density at radius 2 is 1.76 bits per heavy atom. The number of nitrogens with zero attached hydrogens (tertiary/aromatic N) is 2. The number of fused-ring (bicyclic) bond motifs is 1. The quantitative estimate of drug-likeness (QED) is 0.111. The Balaban J connectivity index is 1.34. The number of furan rings is 1. The smallest absolute Gasteiger partial charge is 0.291 e. The number of rotatable bonds is 10. The van der Waals surface area contributed by atoms with Crippen LogP contribution in [0.3, 0.4) is 0 Å². The van der Waals surface area contributed by atoms with Gasteiger partial charge in [-0.25, -0.2) is 10.4 Å². The van der Waals surface area contributed by atoms with Crippen LogP contribution in [0.15, 0.2) is 107 Å². The van der Waals surface area contributed by atoms with E-state index in [1.54, 1.807) is 37.3 Å². The maximum Gasteiger partial charge on any atom is 0.291 e. The van der Waals surface area contributed by atoms with E-state index in [-0.39, 0.29) is 17.6 Å². The maximum atomic E-state index is 13.4. The van der Waals surface area contributed by atoms with Crippen molar-refractivity contribution >= 4 is 34.1 Å². The van der Waals surface area contributed by atoms with Crippen molar-refractivity contribution in [3.05, 3.63) is 114 Å². The summed E-state index contributed by atoms with van der Waals surface area (Å²) >= 11 is 0. The van der Waals surface area contributed by atoms with Crippen LogP contribution in [0.5, 0.6) is 5.75 Å². The van der Waals surface area contributed by atoms with Crippen LogP contribution in [-0.4, -0.2) is 29.1 Å². The van der Waals surface area contributed by atoms with E-state index in [4.69, 9.17) is 14.1 Å². The van der Waals surface area contributed by atoms with Gasteiger partial charge in [0.1, 0.15) is 5.75 Å². The van der Waals surface area contributed by atoms with Crippen LogP contribution in [-0.2, 0) is 0 Å². The predicted octanol–water partition coefficient (Wildman–Crippen LogP) is 7.08. The zero-order valence-electron chi connectivity index (χ0n) is 22.9. The minimum atomic E-state index is -0.345. The van der Waals surface area contributed by atoms with E-state index in [1.807, 2.05) is 60.7 Å². The minimum Gasteiger partial charge on any atom is -0.494 e. The van der Waals surface area contributed by atoms with E-state index in [1.165, 1.54) is 6.26 Å². The molecule has 0 aliphatic carbocycles. The largest absolute Gasteiger partial charge is 0.494 e. The third-order valence-corrected chi connectivity index (χ3v) is 6.49. The van der Waals surface area contributed by atoms with Crippen LogP contribution in [0.4, 0.5) is 5.69 Å². The van der Waals surface area contributed by atoms with Gasteiger partial charge in [-0.05, 0) is 67.4 Å². The molecule has 0 aliphatic heterocycles. The molecule has 2 heterocycles. The van der Waals surface area contributed by atoms with Crippen molar-refractivity contribution in [2.75, 3.05) is 11.9 Å². The molecular formula is C33H30N4O4. The van der Waals surface area contributed by atoms with Crippen molar-refractivity contribution in [3.8, 4) is 17.0 Å². The van der Waals surface area contributed by atoms with Gasteiger partial charge in [0.05, 0.1) is 35.4 Å². The third-order valence-electron chi connectivity index (χ3n) is 6.49. The maximum absolute atomic E-state index is 13.4. The Morgan fingerprint density at radius 1 is 0.927 bits per heavy atom. The Labute approximate surface area is 238 Å². The summed E-state index contributed by atoms with van der Waals surface area (Å²) in [6, 6.07) is 27.5. The summed E-state index contributed by atoms with van der Waals surface area (Å²) in [5.41, 5.74) is 7.41. The molecule has 0 bridgehead atoms. The second kappa shape index (κ2) is 12.7. The molecule has 3 aromatic carbocycles. The normalized spacial score (nSPS) is 11.3. The molecular weight excluding hydrogens is 516 g/mol. The molecule has 0 saturated carbocycles. The zero-order valence-corrected chi connectivity index (χ0v) is 22.9. The highest BCUT2D eigenvalue weighted by Crippen LogP contribution is 2.27. The van der Waals surface area contributed by atoms with E-state index in [0.29, 0.717) is 34.8 Å². The molecule has 2 N–H and O–H groups in total. The molecule has 0 spiro atoms. The Morgan fingerprint density at radius 3 is 2.54 bits per heavy atom. The molecule has 0 saturated heterocycles. The van der Waals surface area contributed by atoms with Crippen molar-refractivity contribution in [1.29, 1.82) is 0 Å². The fraction of sp³-hybridized carbons (Fsp3) is 0.152. The number of benzene rings is 3. The first-order valence-corrected chi connectivity index (χ1v) is 13.4. The van der Waals surface area contributed by atoms with Crippen LogP contribution < -0.4 is 15.5 Å². The van der Waals surface area contributed by atoms with E-state index in [9.17, 15) is 9.59 Å². The van der Waals surface area contributed by atoms with Gasteiger partial charge >= 0.3 is 0 Å². The first kappa shape index (κ1) is 27.3. The fourth-order valence-corrected chi connectivity index (χ4v) is 4.25. The van der Waals surface area contributed by atoms with E-state index in [0.717, 1.165) is 35.1 Å². The highest BCUT2D eigenvalue weighted by molar-refractivity contribution is 6.08. The summed E-state index contributed by atoms with van der Waals surface area (Å²) in [5, 5.41) is 7.85. The van der Waals surface area contributed by atoms with Crippen molar-refractivity contribution in [2.24, 2.45) is 5.10 Å². The molecule has 2 aromatic heterocycles. The van der Waals surface area contributed by atoms with Crippen LogP contribution in [0.25, 0.3) is 22.2 Å². The topological polar surface area (TPSA) is 106 Å². The van der Waals surface area contributed by atoms with Crippen molar-refractivity contribution in [2.45, 2.75) is 26.7 Å². The number of hydrogen-bond acceptors (Lipinski definition) is 6. The zero-order chi connectivity index (χ0) is 28.6. The predicted molar refractivity (Wildman–Crippen MR) is 160 cm³/mol. The minimum absolute atomic E-state index is 0.231. The Bertz CT molecular complexity index is 1690. The summed E-state index contributed by atoms with van der Waals surface area (Å²) < 4.78 is 11.0. The number of unbranched alkanes of at least 4 members (excludes halogenated alkanes) is 1. The number of nitrogens with one attached hydrogen (secondary N) is 2. The number of amides is 2. The van der Waals surface area contributed by atoms with E-state index in [2.05, 4.69) is 22.8 Å². The lowest BCUT2D eigenvalue weighted by Gasteiger charge is -2.11. The van der Waals surface area contributed by atoms with Crippen molar-refractivity contribution in [3.63, 3.8) is 0 Å². The summed E-state index contributed by atoms with van der Waals surface area (Å²) in [6.07, 6.45) is 3.49. The lowest BCUT2D eigenvalue weighted by atomic mass is 10.0. The van der Waals surface area contributed by atoms with Crippen molar-refractivity contribution < 1.29 is 18.7 Å². The van der Waals surface area contributed by atoms with Gasteiger partial charge in [0.15, 0.2) is 5.76 Å². The van der Waals surface area contributed by atoms with E-state index < -0.39 is 0 Å².